The van der Waals surface area contributed by atoms with Gasteiger partial charge in [0.15, 0.2) is 0 Å². The van der Waals surface area contributed by atoms with Gasteiger partial charge in [-0.3, -0.25) is 4.79 Å². The second-order valence-electron chi connectivity index (χ2n) is 5.24. The fourth-order valence-corrected chi connectivity index (χ4v) is 2.36. The molecule has 1 fully saturated rings. The van der Waals surface area contributed by atoms with E-state index in [0.717, 1.165) is 24.8 Å². The summed E-state index contributed by atoms with van der Waals surface area (Å²) in [6.45, 7) is 2.28. The fraction of sp³-hybridized carbons (Fsp3) is 0.533. The van der Waals surface area contributed by atoms with Crippen LogP contribution in [0.2, 0.25) is 0 Å². The summed E-state index contributed by atoms with van der Waals surface area (Å²) in [5, 5.41) is 12.4. The fourth-order valence-electron chi connectivity index (χ4n) is 2.36. The van der Waals surface area contributed by atoms with Gasteiger partial charge in [0.25, 0.3) is 0 Å². The summed E-state index contributed by atoms with van der Waals surface area (Å²) in [7, 11) is 0. The van der Waals surface area contributed by atoms with E-state index in [1.807, 2.05) is 6.92 Å². The van der Waals surface area contributed by atoms with Gasteiger partial charge in [0.05, 0.1) is 11.5 Å². The van der Waals surface area contributed by atoms with Gasteiger partial charge in [-0.05, 0) is 37.0 Å². The van der Waals surface area contributed by atoms with Gasteiger partial charge in [-0.15, -0.1) is 0 Å². The molecule has 1 aliphatic rings. The number of aliphatic hydroxyl groups excluding tert-OH is 1. The Bertz CT molecular complexity index is 440. The largest absolute Gasteiger partial charge is 0.391 e. The van der Waals surface area contributed by atoms with Crippen LogP contribution in [0.25, 0.3) is 0 Å². The average molecular weight is 265 g/mol. The maximum atomic E-state index is 12.9. The van der Waals surface area contributed by atoms with Crippen LogP contribution >= 0.6 is 0 Å². The molecule has 1 atom stereocenters. The minimum Gasteiger partial charge on any atom is -0.391 e. The lowest BCUT2D eigenvalue weighted by Crippen LogP contribution is -2.39. The van der Waals surface area contributed by atoms with Crippen LogP contribution in [0.4, 0.5) is 4.39 Å². The summed E-state index contributed by atoms with van der Waals surface area (Å²) in [6.07, 6.45) is 2.66. The van der Waals surface area contributed by atoms with Crippen molar-refractivity contribution in [1.29, 1.82) is 0 Å². The second kappa shape index (κ2) is 5.70. The highest BCUT2D eigenvalue weighted by molar-refractivity contribution is 5.91. The lowest BCUT2D eigenvalue weighted by Gasteiger charge is -2.17. The van der Waals surface area contributed by atoms with Crippen LogP contribution in [0.5, 0.6) is 0 Å². The Morgan fingerprint density at radius 2 is 2.05 bits per heavy atom. The van der Waals surface area contributed by atoms with E-state index in [1.165, 1.54) is 12.1 Å². The van der Waals surface area contributed by atoms with Crippen LogP contribution in [0.15, 0.2) is 24.3 Å². The molecule has 104 valence electrons. The normalized spacial score (nSPS) is 17.8. The van der Waals surface area contributed by atoms with Crippen LogP contribution < -0.4 is 5.32 Å². The first kappa shape index (κ1) is 14.0. The van der Waals surface area contributed by atoms with Crippen molar-refractivity contribution >= 4 is 5.91 Å². The first-order chi connectivity index (χ1) is 9.08. The van der Waals surface area contributed by atoms with Gasteiger partial charge in [-0.2, -0.15) is 0 Å². The van der Waals surface area contributed by atoms with E-state index in [0.29, 0.717) is 6.42 Å². The number of amides is 1. The third-order valence-corrected chi connectivity index (χ3v) is 3.70. The van der Waals surface area contributed by atoms with E-state index in [9.17, 15) is 14.3 Å². The molecule has 1 aromatic rings. The van der Waals surface area contributed by atoms with Gasteiger partial charge >= 0.3 is 0 Å². The molecule has 3 nitrogen and oxygen atoms in total. The molecular weight excluding hydrogens is 245 g/mol. The molecule has 1 amide bonds. The van der Waals surface area contributed by atoms with Crippen molar-refractivity contribution in [2.24, 2.45) is 0 Å². The molecule has 2 rings (SSSR count). The van der Waals surface area contributed by atoms with E-state index in [-0.39, 0.29) is 18.3 Å². The van der Waals surface area contributed by atoms with Gasteiger partial charge in [0, 0.05) is 6.54 Å². The van der Waals surface area contributed by atoms with Crippen molar-refractivity contribution in [2.75, 3.05) is 6.54 Å². The number of hydrogen-bond donors (Lipinski definition) is 2. The summed E-state index contributed by atoms with van der Waals surface area (Å²) in [6, 6.07) is 6.11. The topological polar surface area (TPSA) is 49.3 Å². The lowest BCUT2D eigenvalue weighted by atomic mass is 9.95. The van der Waals surface area contributed by atoms with Crippen molar-refractivity contribution in [3.05, 3.63) is 35.6 Å². The molecule has 0 saturated heterocycles. The van der Waals surface area contributed by atoms with E-state index < -0.39 is 11.5 Å². The van der Waals surface area contributed by atoms with Gasteiger partial charge < -0.3 is 10.4 Å². The van der Waals surface area contributed by atoms with Crippen LogP contribution in [0.3, 0.4) is 0 Å². The Morgan fingerprint density at radius 1 is 1.42 bits per heavy atom. The van der Waals surface area contributed by atoms with Crippen molar-refractivity contribution in [2.45, 2.75) is 44.1 Å². The Morgan fingerprint density at radius 3 is 2.58 bits per heavy atom. The summed E-state index contributed by atoms with van der Waals surface area (Å²) in [5.74, 6) is -0.354. The van der Waals surface area contributed by atoms with E-state index in [1.54, 1.807) is 12.1 Å². The standard InChI is InChI=1S/C15H20FNO2/c1-2-3-13(18)10-17-14(19)15(8-9-15)11-4-6-12(16)7-5-11/h4-7,13,18H,2-3,8-10H2,1H3,(H,17,19). The molecule has 1 aliphatic carbocycles. The van der Waals surface area contributed by atoms with E-state index in [4.69, 9.17) is 0 Å². The molecular formula is C15H20FNO2. The number of rotatable bonds is 6. The average Bonchev–Trinajstić information content (AvgIpc) is 3.19. The van der Waals surface area contributed by atoms with Gasteiger partial charge in [0.2, 0.25) is 5.91 Å². The number of nitrogens with one attached hydrogen (secondary N) is 1. The van der Waals surface area contributed by atoms with Gasteiger partial charge in [0.1, 0.15) is 5.82 Å². The van der Waals surface area contributed by atoms with Crippen molar-refractivity contribution in [3.8, 4) is 0 Å². The number of hydrogen-bond acceptors (Lipinski definition) is 2. The minimum atomic E-state index is -0.500. The predicted octanol–water partition coefficient (Wildman–Crippen LogP) is 2.13. The number of carbonyl (C=O) groups excluding carboxylic acids is 1. The molecule has 0 aromatic heterocycles. The minimum absolute atomic E-state index is 0.0609. The summed E-state index contributed by atoms with van der Waals surface area (Å²) >= 11 is 0. The second-order valence-corrected chi connectivity index (χ2v) is 5.24. The zero-order valence-corrected chi connectivity index (χ0v) is 11.2. The maximum absolute atomic E-state index is 12.9. The van der Waals surface area contributed by atoms with Gasteiger partial charge in [-0.25, -0.2) is 4.39 Å². The zero-order chi connectivity index (χ0) is 13.9. The summed E-state index contributed by atoms with van der Waals surface area (Å²) < 4.78 is 12.9. The highest BCUT2D eigenvalue weighted by Crippen LogP contribution is 2.48. The van der Waals surface area contributed by atoms with E-state index in [2.05, 4.69) is 5.32 Å². The molecule has 0 heterocycles. The molecule has 19 heavy (non-hydrogen) atoms. The number of carbonyl (C=O) groups is 1. The Hall–Kier alpha value is -1.42. The summed E-state index contributed by atoms with van der Waals surface area (Å²) in [4.78, 5) is 12.2. The van der Waals surface area contributed by atoms with Crippen LogP contribution in [0.1, 0.15) is 38.2 Å². The molecule has 1 aromatic carbocycles. The van der Waals surface area contributed by atoms with Crippen LogP contribution in [-0.4, -0.2) is 23.7 Å². The number of halogens is 1. The maximum Gasteiger partial charge on any atom is 0.230 e. The van der Waals surface area contributed by atoms with Crippen LogP contribution in [-0.2, 0) is 10.2 Å². The molecule has 0 aliphatic heterocycles. The van der Waals surface area contributed by atoms with Crippen LogP contribution in [0, 0.1) is 5.82 Å². The molecule has 0 spiro atoms. The Kier molecular flexibility index (Phi) is 4.20. The summed E-state index contributed by atoms with van der Waals surface area (Å²) in [5.41, 5.74) is 0.357. The smallest absolute Gasteiger partial charge is 0.230 e. The molecule has 1 unspecified atom stereocenters. The first-order valence-corrected chi connectivity index (χ1v) is 6.81. The monoisotopic (exact) mass is 265 g/mol. The Balaban J connectivity index is 1.96. The first-order valence-electron chi connectivity index (χ1n) is 6.81. The number of aliphatic hydroxyl groups is 1. The highest BCUT2D eigenvalue weighted by Gasteiger charge is 2.51. The zero-order valence-electron chi connectivity index (χ0n) is 11.2. The third kappa shape index (κ3) is 3.13. The van der Waals surface area contributed by atoms with Crippen molar-refractivity contribution in [1.82, 2.24) is 5.32 Å². The molecule has 1 saturated carbocycles. The SMILES string of the molecule is CCCC(O)CNC(=O)C1(c2ccc(F)cc2)CC1. The van der Waals surface area contributed by atoms with Gasteiger partial charge in [-0.1, -0.05) is 25.5 Å². The Labute approximate surface area is 112 Å². The number of benzene rings is 1. The highest BCUT2D eigenvalue weighted by atomic mass is 19.1. The predicted molar refractivity (Wildman–Crippen MR) is 71.2 cm³/mol. The molecule has 2 N–H and O–H groups in total. The quantitative estimate of drug-likeness (QED) is 0.828. The lowest BCUT2D eigenvalue weighted by molar-refractivity contribution is -0.124. The molecule has 0 radical (unpaired) electrons. The van der Waals surface area contributed by atoms with E-state index >= 15 is 0 Å². The molecule has 0 bridgehead atoms. The molecule has 4 heteroatoms. The van der Waals surface area contributed by atoms with Crippen molar-refractivity contribution in [3.63, 3.8) is 0 Å². The third-order valence-electron chi connectivity index (χ3n) is 3.70. The van der Waals surface area contributed by atoms with Crippen molar-refractivity contribution < 1.29 is 14.3 Å².